The van der Waals surface area contributed by atoms with Gasteiger partial charge in [0.1, 0.15) is 0 Å². The Morgan fingerprint density at radius 3 is 2.31 bits per heavy atom. The van der Waals surface area contributed by atoms with E-state index in [1.807, 2.05) is 32.0 Å². The molecular formula is C20H28IN3O4S. The average Bonchev–Trinajstić information content (AvgIpc) is 2.67. The number of aliphatic imine (C=N–C) groups is 1. The Hall–Kier alpha value is -2.01. The zero-order valence-corrected chi connectivity index (χ0v) is 20.2. The molecule has 0 saturated carbocycles. The first-order valence-electron chi connectivity index (χ1n) is 9.02. The third kappa shape index (κ3) is 7.73. The van der Waals surface area contributed by atoms with Crippen molar-refractivity contribution in [3.8, 4) is 11.5 Å². The highest BCUT2D eigenvalue weighted by Crippen LogP contribution is 2.30. The molecule has 0 aromatic heterocycles. The minimum Gasteiger partial charge on any atom is -0.493 e. The number of anilines is 1. The van der Waals surface area contributed by atoms with Crippen molar-refractivity contribution in [2.75, 3.05) is 31.8 Å². The lowest BCUT2D eigenvalue weighted by molar-refractivity contribution is 0.311. The van der Waals surface area contributed by atoms with Crippen LogP contribution >= 0.6 is 24.0 Å². The van der Waals surface area contributed by atoms with Crippen molar-refractivity contribution in [3.63, 3.8) is 0 Å². The van der Waals surface area contributed by atoms with Crippen molar-refractivity contribution < 1.29 is 17.9 Å². The van der Waals surface area contributed by atoms with E-state index in [1.165, 1.54) is 6.26 Å². The van der Waals surface area contributed by atoms with Crippen LogP contribution in [0, 0.1) is 0 Å². The molecule has 9 heteroatoms. The maximum atomic E-state index is 11.5. The summed E-state index contributed by atoms with van der Waals surface area (Å²) < 4.78 is 34.0. The summed E-state index contributed by atoms with van der Waals surface area (Å²) in [7, 11) is -1.60. The molecule has 0 heterocycles. The Morgan fingerprint density at radius 2 is 1.76 bits per heavy atom. The molecule has 0 unspecified atom stereocenters. The molecule has 0 aliphatic heterocycles. The fourth-order valence-corrected chi connectivity index (χ4v) is 3.11. The van der Waals surface area contributed by atoms with Crippen LogP contribution in [0.4, 0.5) is 5.69 Å². The van der Waals surface area contributed by atoms with Crippen LogP contribution in [0.5, 0.6) is 11.5 Å². The van der Waals surface area contributed by atoms with Gasteiger partial charge in [0.2, 0.25) is 0 Å². The number of hydrogen-bond donors (Lipinski definition) is 2. The summed E-state index contributed by atoms with van der Waals surface area (Å²) in [4.78, 5) is 4.86. The lowest BCUT2D eigenvalue weighted by Gasteiger charge is -2.14. The molecule has 0 fully saturated rings. The summed E-state index contributed by atoms with van der Waals surface area (Å²) in [6, 6.07) is 12.3. The van der Waals surface area contributed by atoms with Crippen LogP contribution < -0.4 is 20.1 Å². The van der Waals surface area contributed by atoms with Gasteiger partial charge in [0.25, 0.3) is 0 Å². The molecule has 0 saturated heterocycles. The van der Waals surface area contributed by atoms with Gasteiger partial charge in [-0.1, -0.05) is 12.1 Å². The van der Waals surface area contributed by atoms with Gasteiger partial charge in [-0.15, -0.1) is 24.0 Å². The third-order valence-electron chi connectivity index (χ3n) is 3.84. The summed E-state index contributed by atoms with van der Waals surface area (Å²) in [6.07, 6.45) is 1.19. The number of methoxy groups -OCH3 is 1. The number of halogens is 1. The standard InChI is InChI=1S/C20H27N3O4S.HI/c1-5-21-20(22-14-15-7-10-17(11-8-15)28(4,24)25)23-16-9-12-18(27-6-2)19(13-16)26-3;/h7-13H,5-6,14H2,1-4H3,(H2,21,22,23);1H. The number of nitrogens with one attached hydrogen (secondary N) is 2. The summed E-state index contributed by atoms with van der Waals surface area (Å²) >= 11 is 0. The second kappa shape index (κ2) is 11.9. The highest BCUT2D eigenvalue weighted by molar-refractivity contribution is 14.0. The number of guanidine groups is 1. The second-order valence-electron chi connectivity index (χ2n) is 6.03. The number of benzene rings is 2. The molecule has 2 aromatic rings. The summed E-state index contributed by atoms with van der Waals surface area (Å²) in [5.74, 6) is 1.93. The van der Waals surface area contributed by atoms with Crippen LogP contribution in [0.15, 0.2) is 52.4 Å². The summed E-state index contributed by atoms with van der Waals surface area (Å²) in [5, 5.41) is 6.42. The van der Waals surface area contributed by atoms with Crippen molar-refractivity contribution in [2.45, 2.75) is 25.3 Å². The van der Waals surface area contributed by atoms with E-state index in [0.717, 1.165) is 11.3 Å². The molecule has 7 nitrogen and oxygen atoms in total. The second-order valence-corrected chi connectivity index (χ2v) is 8.05. The van der Waals surface area contributed by atoms with Crippen molar-refractivity contribution in [3.05, 3.63) is 48.0 Å². The van der Waals surface area contributed by atoms with Crippen LogP contribution in [0.2, 0.25) is 0 Å². The smallest absolute Gasteiger partial charge is 0.196 e. The van der Waals surface area contributed by atoms with E-state index in [2.05, 4.69) is 15.6 Å². The van der Waals surface area contributed by atoms with Crippen LogP contribution in [-0.4, -0.2) is 40.9 Å². The van der Waals surface area contributed by atoms with Gasteiger partial charge in [-0.3, -0.25) is 0 Å². The Balaban J connectivity index is 0.00000420. The van der Waals surface area contributed by atoms with E-state index in [1.54, 1.807) is 31.4 Å². The van der Waals surface area contributed by atoms with Gasteiger partial charge < -0.3 is 20.1 Å². The van der Waals surface area contributed by atoms with Gasteiger partial charge in [-0.25, -0.2) is 13.4 Å². The molecule has 29 heavy (non-hydrogen) atoms. The quantitative estimate of drug-likeness (QED) is 0.306. The monoisotopic (exact) mass is 533 g/mol. The molecule has 0 aliphatic rings. The molecule has 0 amide bonds. The summed E-state index contributed by atoms with van der Waals surface area (Å²) in [5.41, 5.74) is 1.72. The van der Waals surface area contributed by atoms with Gasteiger partial charge >= 0.3 is 0 Å². The lowest BCUT2D eigenvalue weighted by atomic mass is 10.2. The molecule has 2 aromatic carbocycles. The molecule has 0 spiro atoms. The molecule has 0 aliphatic carbocycles. The maximum absolute atomic E-state index is 11.5. The minimum atomic E-state index is -3.20. The molecule has 0 bridgehead atoms. The van der Waals surface area contributed by atoms with E-state index >= 15 is 0 Å². The van der Waals surface area contributed by atoms with Crippen molar-refractivity contribution in [2.24, 2.45) is 4.99 Å². The van der Waals surface area contributed by atoms with E-state index in [4.69, 9.17) is 9.47 Å². The topological polar surface area (TPSA) is 89.0 Å². The normalized spacial score (nSPS) is 11.4. The number of ether oxygens (including phenoxy) is 2. The van der Waals surface area contributed by atoms with Gasteiger partial charge in [-0.05, 0) is 43.7 Å². The molecule has 2 N–H and O–H groups in total. The molecule has 2 rings (SSSR count). The van der Waals surface area contributed by atoms with Crippen molar-refractivity contribution >= 4 is 45.5 Å². The Labute approximate surface area is 189 Å². The van der Waals surface area contributed by atoms with Gasteiger partial charge in [-0.2, -0.15) is 0 Å². The first-order valence-corrected chi connectivity index (χ1v) is 10.9. The highest BCUT2D eigenvalue weighted by atomic mass is 127. The van der Waals surface area contributed by atoms with E-state index < -0.39 is 9.84 Å². The third-order valence-corrected chi connectivity index (χ3v) is 4.97. The number of hydrogen-bond acceptors (Lipinski definition) is 5. The van der Waals surface area contributed by atoms with Gasteiger partial charge in [0, 0.05) is 24.6 Å². The zero-order chi connectivity index (χ0) is 20.6. The number of nitrogens with zero attached hydrogens (tertiary/aromatic N) is 1. The van der Waals surface area contributed by atoms with E-state index in [9.17, 15) is 8.42 Å². The fraction of sp³-hybridized carbons (Fsp3) is 0.350. The molecular weight excluding hydrogens is 505 g/mol. The zero-order valence-electron chi connectivity index (χ0n) is 17.1. The summed E-state index contributed by atoms with van der Waals surface area (Å²) in [6.45, 7) is 5.58. The largest absolute Gasteiger partial charge is 0.493 e. The Kier molecular flexibility index (Phi) is 10.2. The predicted octanol–water partition coefficient (Wildman–Crippen LogP) is 3.69. The van der Waals surface area contributed by atoms with Crippen molar-refractivity contribution in [1.82, 2.24) is 5.32 Å². The van der Waals surface area contributed by atoms with Crippen LogP contribution in [-0.2, 0) is 16.4 Å². The Morgan fingerprint density at radius 1 is 1.07 bits per heavy atom. The average molecular weight is 533 g/mol. The van der Waals surface area contributed by atoms with Crippen LogP contribution in [0.25, 0.3) is 0 Å². The molecule has 160 valence electrons. The van der Waals surface area contributed by atoms with Crippen molar-refractivity contribution in [1.29, 1.82) is 0 Å². The maximum Gasteiger partial charge on any atom is 0.196 e. The van der Waals surface area contributed by atoms with E-state index in [0.29, 0.717) is 42.1 Å². The van der Waals surface area contributed by atoms with E-state index in [-0.39, 0.29) is 24.0 Å². The first-order chi connectivity index (χ1) is 13.4. The predicted molar refractivity (Wildman–Crippen MR) is 128 cm³/mol. The lowest BCUT2D eigenvalue weighted by Crippen LogP contribution is -2.30. The van der Waals surface area contributed by atoms with Gasteiger partial charge in [0.05, 0.1) is 25.2 Å². The number of rotatable bonds is 8. The SMILES string of the molecule is CCNC(=NCc1ccc(S(C)(=O)=O)cc1)Nc1ccc(OCC)c(OC)c1.I. The van der Waals surface area contributed by atoms with Crippen LogP contribution in [0.3, 0.4) is 0 Å². The van der Waals surface area contributed by atoms with Crippen LogP contribution in [0.1, 0.15) is 19.4 Å². The molecule has 0 atom stereocenters. The minimum absolute atomic E-state index is 0. The molecule has 0 radical (unpaired) electrons. The first kappa shape index (κ1) is 25.0. The number of sulfone groups is 1. The fourth-order valence-electron chi connectivity index (χ4n) is 2.48. The Bertz CT molecular complexity index is 916. The van der Waals surface area contributed by atoms with Gasteiger partial charge in [0.15, 0.2) is 27.3 Å². The highest BCUT2D eigenvalue weighted by Gasteiger charge is 2.08.